The van der Waals surface area contributed by atoms with Gasteiger partial charge in [0.15, 0.2) is 0 Å². The van der Waals surface area contributed by atoms with Crippen LogP contribution >= 0.6 is 0 Å². The van der Waals surface area contributed by atoms with E-state index in [4.69, 9.17) is 0 Å². The molecule has 1 N–H and O–H groups in total. The molecule has 0 aromatic carbocycles. The number of aromatic nitrogens is 4. The van der Waals surface area contributed by atoms with E-state index in [0.717, 1.165) is 44.4 Å². The normalized spacial score (nSPS) is 14.5. The lowest BCUT2D eigenvalue weighted by atomic mass is 10.1. The summed E-state index contributed by atoms with van der Waals surface area (Å²) in [6.45, 7) is 9.96. The second-order valence-electron chi connectivity index (χ2n) is 7.12. The molecule has 3 heterocycles. The SMILES string of the molecule is Cc1nc(C(=O)NCCC(C)C)cc(N2CCN(c3ncccn3)CC2)n1. The standard InChI is InChI=1S/C19H27N7O/c1-14(2)5-8-20-18(27)16-13-17(24-15(3)23-16)25-9-11-26(12-10-25)19-21-6-4-7-22-19/h4,6-7,13-14H,5,8-12H2,1-3H3,(H,20,27). The molecule has 8 heteroatoms. The van der Waals surface area contributed by atoms with Gasteiger partial charge in [0, 0.05) is 51.2 Å². The van der Waals surface area contributed by atoms with Gasteiger partial charge in [-0.1, -0.05) is 13.8 Å². The van der Waals surface area contributed by atoms with Gasteiger partial charge >= 0.3 is 0 Å². The van der Waals surface area contributed by atoms with Crippen molar-refractivity contribution in [2.45, 2.75) is 27.2 Å². The maximum absolute atomic E-state index is 12.4. The van der Waals surface area contributed by atoms with Crippen LogP contribution in [0.15, 0.2) is 24.5 Å². The first kappa shape index (κ1) is 19.0. The minimum Gasteiger partial charge on any atom is -0.353 e. The highest BCUT2D eigenvalue weighted by Crippen LogP contribution is 2.17. The lowest BCUT2D eigenvalue weighted by Gasteiger charge is -2.35. The number of nitrogens with zero attached hydrogens (tertiary/aromatic N) is 6. The van der Waals surface area contributed by atoms with Crippen molar-refractivity contribution in [3.8, 4) is 0 Å². The molecule has 27 heavy (non-hydrogen) atoms. The van der Waals surface area contributed by atoms with Gasteiger partial charge in [0.2, 0.25) is 5.95 Å². The van der Waals surface area contributed by atoms with Gasteiger partial charge in [-0.15, -0.1) is 0 Å². The predicted molar refractivity (Wildman–Crippen MR) is 105 cm³/mol. The number of piperazine rings is 1. The fourth-order valence-electron chi connectivity index (χ4n) is 2.99. The van der Waals surface area contributed by atoms with Crippen LogP contribution in [0.5, 0.6) is 0 Å². The molecule has 0 saturated carbocycles. The van der Waals surface area contributed by atoms with Crippen LogP contribution in [0.2, 0.25) is 0 Å². The highest BCUT2D eigenvalue weighted by atomic mass is 16.1. The second kappa shape index (κ2) is 8.75. The highest BCUT2D eigenvalue weighted by molar-refractivity contribution is 5.92. The summed E-state index contributed by atoms with van der Waals surface area (Å²) >= 11 is 0. The molecule has 0 aliphatic carbocycles. The van der Waals surface area contributed by atoms with Gasteiger partial charge in [-0.2, -0.15) is 0 Å². The van der Waals surface area contributed by atoms with E-state index in [1.54, 1.807) is 18.5 Å². The van der Waals surface area contributed by atoms with Crippen molar-refractivity contribution in [2.24, 2.45) is 5.92 Å². The number of carbonyl (C=O) groups excluding carboxylic acids is 1. The number of amides is 1. The smallest absolute Gasteiger partial charge is 0.270 e. The van der Waals surface area contributed by atoms with Gasteiger partial charge in [-0.3, -0.25) is 4.79 Å². The van der Waals surface area contributed by atoms with Crippen molar-refractivity contribution in [1.82, 2.24) is 25.3 Å². The Morgan fingerprint density at radius 3 is 2.44 bits per heavy atom. The number of carbonyl (C=O) groups is 1. The zero-order chi connectivity index (χ0) is 19.2. The van der Waals surface area contributed by atoms with Crippen LogP contribution in [0, 0.1) is 12.8 Å². The number of aryl methyl sites for hydroxylation is 1. The maximum Gasteiger partial charge on any atom is 0.270 e. The summed E-state index contributed by atoms with van der Waals surface area (Å²) in [5, 5.41) is 2.94. The fraction of sp³-hybridized carbons (Fsp3) is 0.526. The Hall–Kier alpha value is -2.77. The number of hydrogen-bond donors (Lipinski definition) is 1. The molecule has 8 nitrogen and oxygen atoms in total. The lowest BCUT2D eigenvalue weighted by molar-refractivity contribution is 0.0946. The summed E-state index contributed by atoms with van der Waals surface area (Å²) in [6, 6.07) is 3.60. The predicted octanol–water partition coefficient (Wildman–Crippen LogP) is 1.68. The van der Waals surface area contributed by atoms with Crippen molar-refractivity contribution in [3.63, 3.8) is 0 Å². The molecule has 3 rings (SSSR count). The molecule has 2 aromatic rings. The summed E-state index contributed by atoms with van der Waals surface area (Å²) in [5.41, 5.74) is 0.426. The van der Waals surface area contributed by atoms with Gasteiger partial charge in [0.25, 0.3) is 5.91 Å². The second-order valence-corrected chi connectivity index (χ2v) is 7.12. The fourth-order valence-corrected chi connectivity index (χ4v) is 2.99. The molecule has 1 aliphatic heterocycles. The number of rotatable bonds is 6. The van der Waals surface area contributed by atoms with E-state index in [1.165, 1.54) is 0 Å². The van der Waals surface area contributed by atoms with Gasteiger partial charge < -0.3 is 15.1 Å². The molecule has 0 spiro atoms. The average molecular weight is 369 g/mol. The monoisotopic (exact) mass is 369 g/mol. The molecular weight excluding hydrogens is 342 g/mol. The number of nitrogens with one attached hydrogen (secondary N) is 1. The molecule has 1 saturated heterocycles. The van der Waals surface area contributed by atoms with Gasteiger partial charge in [-0.25, -0.2) is 19.9 Å². The Kier molecular flexibility index (Phi) is 6.16. The molecule has 0 atom stereocenters. The Balaban J connectivity index is 1.63. The van der Waals surface area contributed by atoms with E-state index in [0.29, 0.717) is 24.0 Å². The average Bonchev–Trinajstić information content (AvgIpc) is 2.68. The van der Waals surface area contributed by atoms with Crippen LogP contribution < -0.4 is 15.1 Å². The van der Waals surface area contributed by atoms with Crippen LogP contribution in [0.3, 0.4) is 0 Å². The zero-order valence-corrected chi connectivity index (χ0v) is 16.2. The minimum atomic E-state index is -0.140. The highest BCUT2D eigenvalue weighted by Gasteiger charge is 2.21. The Bertz CT molecular complexity index is 758. The van der Waals surface area contributed by atoms with E-state index >= 15 is 0 Å². The summed E-state index contributed by atoms with van der Waals surface area (Å²) in [6.07, 6.45) is 4.46. The molecule has 144 valence electrons. The topological polar surface area (TPSA) is 87.1 Å². The van der Waals surface area contributed by atoms with Crippen molar-refractivity contribution < 1.29 is 4.79 Å². The van der Waals surface area contributed by atoms with E-state index < -0.39 is 0 Å². The number of anilines is 2. The first-order valence-electron chi connectivity index (χ1n) is 9.43. The molecule has 0 bridgehead atoms. The van der Waals surface area contributed by atoms with Crippen molar-refractivity contribution in [2.75, 3.05) is 42.5 Å². The van der Waals surface area contributed by atoms with Crippen LogP contribution in [0.4, 0.5) is 11.8 Å². The Labute approximate surface area is 160 Å². The van der Waals surface area contributed by atoms with E-state index in [1.807, 2.05) is 13.0 Å². The number of hydrogen-bond acceptors (Lipinski definition) is 7. The van der Waals surface area contributed by atoms with Crippen LogP contribution in [0.25, 0.3) is 0 Å². The third-order valence-electron chi connectivity index (χ3n) is 4.50. The van der Waals surface area contributed by atoms with E-state index in [2.05, 4.69) is 48.9 Å². The molecule has 0 radical (unpaired) electrons. The van der Waals surface area contributed by atoms with Gasteiger partial charge in [0.1, 0.15) is 17.3 Å². The molecule has 0 unspecified atom stereocenters. The van der Waals surface area contributed by atoms with E-state index in [-0.39, 0.29) is 5.91 Å². The molecule has 2 aromatic heterocycles. The Morgan fingerprint density at radius 1 is 1.11 bits per heavy atom. The largest absolute Gasteiger partial charge is 0.353 e. The summed E-state index contributed by atoms with van der Waals surface area (Å²) in [7, 11) is 0. The zero-order valence-electron chi connectivity index (χ0n) is 16.2. The first-order valence-corrected chi connectivity index (χ1v) is 9.43. The third-order valence-corrected chi connectivity index (χ3v) is 4.50. The molecular formula is C19H27N7O. The maximum atomic E-state index is 12.4. The lowest BCUT2D eigenvalue weighted by Crippen LogP contribution is -2.47. The molecule has 1 amide bonds. The van der Waals surface area contributed by atoms with Crippen molar-refractivity contribution in [3.05, 3.63) is 36.0 Å². The molecule has 1 aliphatic rings. The van der Waals surface area contributed by atoms with Crippen molar-refractivity contribution in [1.29, 1.82) is 0 Å². The summed E-state index contributed by atoms with van der Waals surface area (Å²) in [5.74, 6) is 2.57. The van der Waals surface area contributed by atoms with Gasteiger partial charge in [-0.05, 0) is 25.3 Å². The summed E-state index contributed by atoms with van der Waals surface area (Å²) < 4.78 is 0. The third kappa shape index (κ3) is 5.12. The van der Waals surface area contributed by atoms with Crippen LogP contribution in [-0.2, 0) is 0 Å². The Morgan fingerprint density at radius 2 is 1.78 bits per heavy atom. The van der Waals surface area contributed by atoms with Gasteiger partial charge in [0.05, 0.1) is 0 Å². The van der Waals surface area contributed by atoms with Crippen LogP contribution in [-0.4, -0.2) is 58.6 Å². The minimum absolute atomic E-state index is 0.140. The molecule has 1 fully saturated rings. The quantitative estimate of drug-likeness (QED) is 0.829. The van der Waals surface area contributed by atoms with E-state index in [9.17, 15) is 4.79 Å². The first-order chi connectivity index (χ1) is 13.0. The van der Waals surface area contributed by atoms with Crippen LogP contribution in [0.1, 0.15) is 36.6 Å². The summed E-state index contributed by atoms with van der Waals surface area (Å²) in [4.78, 5) is 34.2. The van der Waals surface area contributed by atoms with Crippen molar-refractivity contribution >= 4 is 17.7 Å².